The zero-order valence-electron chi connectivity index (χ0n) is 10.1. The van der Waals surface area contributed by atoms with Gasteiger partial charge in [0.25, 0.3) is 0 Å². The predicted octanol–water partition coefficient (Wildman–Crippen LogP) is 2.02. The summed E-state index contributed by atoms with van der Waals surface area (Å²) in [6.45, 7) is 6.20. The third-order valence-electron chi connectivity index (χ3n) is 3.88. The van der Waals surface area contributed by atoms with E-state index in [2.05, 4.69) is 24.4 Å². The lowest BCUT2D eigenvalue weighted by Gasteiger charge is -2.43. The van der Waals surface area contributed by atoms with Crippen molar-refractivity contribution >= 4 is 0 Å². The molecular weight excluding hydrogens is 202 g/mol. The SMILES string of the molecule is CCC1(CC)COCCC1Nn1cccn1. The second-order valence-electron chi connectivity index (χ2n) is 4.54. The van der Waals surface area contributed by atoms with Crippen LogP contribution in [0, 0.1) is 5.41 Å². The summed E-state index contributed by atoms with van der Waals surface area (Å²) in [5.74, 6) is 0. The Morgan fingerprint density at radius 3 is 2.94 bits per heavy atom. The van der Waals surface area contributed by atoms with E-state index in [1.54, 1.807) is 6.20 Å². The van der Waals surface area contributed by atoms with Crippen molar-refractivity contribution in [2.45, 2.75) is 39.2 Å². The fourth-order valence-electron chi connectivity index (χ4n) is 2.54. The van der Waals surface area contributed by atoms with Crippen LogP contribution in [0.5, 0.6) is 0 Å². The van der Waals surface area contributed by atoms with Gasteiger partial charge in [0.15, 0.2) is 0 Å². The zero-order chi connectivity index (χ0) is 11.4. The van der Waals surface area contributed by atoms with Gasteiger partial charge in [-0.3, -0.25) is 0 Å². The molecule has 1 N–H and O–H groups in total. The minimum Gasteiger partial charge on any atom is -0.381 e. The Hall–Kier alpha value is -1.03. The lowest BCUT2D eigenvalue weighted by molar-refractivity contribution is -0.0251. The number of ether oxygens (including phenoxy) is 1. The Bertz CT molecular complexity index is 306. The number of hydrogen-bond donors (Lipinski definition) is 1. The molecule has 1 aliphatic rings. The standard InChI is InChI=1S/C12H21N3O/c1-3-12(4-2)10-16-9-6-11(12)14-15-8-5-7-13-15/h5,7-8,11,14H,3-4,6,9-10H2,1-2H3. The molecule has 0 aliphatic carbocycles. The first-order valence-electron chi connectivity index (χ1n) is 6.14. The summed E-state index contributed by atoms with van der Waals surface area (Å²) in [5, 5.41) is 4.21. The second kappa shape index (κ2) is 4.87. The fourth-order valence-corrected chi connectivity index (χ4v) is 2.54. The summed E-state index contributed by atoms with van der Waals surface area (Å²) < 4.78 is 5.65. The quantitative estimate of drug-likeness (QED) is 0.848. The van der Waals surface area contributed by atoms with Crippen LogP contribution in [0.1, 0.15) is 33.1 Å². The van der Waals surface area contributed by atoms with Crippen molar-refractivity contribution < 1.29 is 4.74 Å². The average Bonchev–Trinajstić information content (AvgIpc) is 2.83. The molecule has 1 aromatic rings. The maximum absolute atomic E-state index is 5.65. The summed E-state index contributed by atoms with van der Waals surface area (Å²) >= 11 is 0. The molecule has 90 valence electrons. The molecular formula is C12H21N3O. The van der Waals surface area contributed by atoms with Gasteiger partial charge >= 0.3 is 0 Å². The Labute approximate surface area is 97.0 Å². The molecule has 1 aliphatic heterocycles. The van der Waals surface area contributed by atoms with Gasteiger partial charge in [0.05, 0.1) is 18.8 Å². The summed E-state index contributed by atoms with van der Waals surface area (Å²) in [7, 11) is 0. The van der Waals surface area contributed by atoms with E-state index in [0.29, 0.717) is 6.04 Å². The van der Waals surface area contributed by atoms with Gasteiger partial charge in [-0.1, -0.05) is 13.8 Å². The molecule has 2 heterocycles. The van der Waals surface area contributed by atoms with Crippen LogP contribution in [0.3, 0.4) is 0 Å². The van der Waals surface area contributed by atoms with Crippen molar-refractivity contribution in [3.05, 3.63) is 18.5 Å². The van der Waals surface area contributed by atoms with E-state index in [-0.39, 0.29) is 5.41 Å². The van der Waals surface area contributed by atoms with Crippen LogP contribution in [0.25, 0.3) is 0 Å². The molecule has 4 heteroatoms. The Morgan fingerprint density at radius 2 is 2.31 bits per heavy atom. The van der Waals surface area contributed by atoms with E-state index in [1.807, 2.05) is 17.1 Å². The van der Waals surface area contributed by atoms with Gasteiger partial charge in [0.2, 0.25) is 0 Å². The van der Waals surface area contributed by atoms with Crippen molar-refractivity contribution in [1.29, 1.82) is 0 Å². The third kappa shape index (κ3) is 2.07. The van der Waals surface area contributed by atoms with E-state index in [1.165, 1.54) is 0 Å². The molecule has 0 aromatic carbocycles. The fraction of sp³-hybridized carbons (Fsp3) is 0.750. The van der Waals surface area contributed by atoms with Crippen molar-refractivity contribution in [1.82, 2.24) is 9.89 Å². The lowest BCUT2D eigenvalue weighted by Crippen LogP contribution is -2.50. The first-order chi connectivity index (χ1) is 7.80. The van der Waals surface area contributed by atoms with Gasteiger partial charge in [-0.15, -0.1) is 0 Å². The van der Waals surface area contributed by atoms with Crippen LogP contribution >= 0.6 is 0 Å². The molecule has 1 aromatic heterocycles. The highest BCUT2D eigenvalue weighted by Gasteiger charge is 2.39. The highest BCUT2D eigenvalue weighted by atomic mass is 16.5. The number of rotatable bonds is 4. The molecule has 0 radical (unpaired) electrons. The number of nitrogens with one attached hydrogen (secondary N) is 1. The van der Waals surface area contributed by atoms with E-state index in [9.17, 15) is 0 Å². The number of aromatic nitrogens is 2. The minimum atomic E-state index is 0.254. The van der Waals surface area contributed by atoms with Crippen LogP contribution in [-0.4, -0.2) is 29.1 Å². The van der Waals surface area contributed by atoms with Gasteiger partial charge in [-0.2, -0.15) is 9.89 Å². The van der Waals surface area contributed by atoms with Crippen molar-refractivity contribution in [2.24, 2.45) is 5.41 Å². The average molecular weight is 223 g/mol. The van der Waals surface area contributed by atoms with Gasteiger partial charge in [0, 0.05) is 18.2 Å². The van der Waals surface area contributed by atoms with Crippen molar-refractivity contribution in [2.75, 3.05) is 18.6 Å². The van der Waals surface area contributed by atoms with E-state index >= 15 is 0 Å². The number of nitrogens with zero attached hydrogens (tertiary/aromatic N) is 2. The monoisotopic (exact) mass is 223 g/mol. The first-order valence-corrected chi connectivity index (χ1v) is 6.14. The maximum atomic E-state index is 5.65. The van der Waals surface area contributed by atoms with E-state index in [4.69, 9.17) is 4.74 Å². The Kier molecular flexibility index (Phi) is 3.49. The van der Waals surface area contributed by atoms with Crippen molar-refractivity contribution in [3.63, 3.8) is 0 Å². The molecule has 4 nitrogen and oxygen atoms in total. The van der Waals surface area contributed by atoms with Crippen LogP contribution in [-0.2, 0) is 4.74 Å². The predicted molar refractivity (Wildman–Crippen MR) is 63.8 cm³/mol. The van der Waals surface area contributed by atoms with Gasteiger partial charge in [-0.05, 0) is 25.3 Å². The second-order valence-corrected chi connectivity index (χ2v) is 4.54. The molecule has 16 heavy (non-hydrogen) atoms. The van der Waals surface area contributed by atoms with E-state index < -0.39 is 0 Å². The Morgan fingerprint density at radius 1 is 1.50 bits per heavy atom. The van der Waals surface area contributed by atoms with Crippen LogP contribution in [0.4, 0.5) is 0 Å². The summed E-state index contributed by atoms with van der Waals surface area (Å²) in [5.41, 5.74) is 3.73. The topological polar surface area (TPSA) is 39.1 Å². The molecule has 2 rings (SSSR count). The normalized spacial score (nSPS) is 24.2. The minimum absolute atomic E-state index is 0.254. The molecule has 0 saturated carbocycles. The first kappa shape index (κ1) is 11.5. The molecule has 1 atom stereocenters. The van der Waals surface area contributed by atoms with Gasteiger partial charge < -0.3 is 10.2 Å². The van der Waals surface area contributed by atoms with Crippen molar-refractivity contribution in [3.8, 4) is 0 Å². The van der Waals surface area contributed by atoms with Crippen LogP contribution in [0.15, 0.2) is 18.5 Å². The molecule has 1 unspecified atom stereocenters. The molecule has 0 bridgehead atoms. The van der Waals surface area contributed by atoms with Crippen LogP contribution < -0.4 is 5.43 Å². The molecule has 1 fully saturated rings. The van der Waals surface area contributed by atoms with E-state index in [0.717, 1.165) is 32.5 Å². The summed E-state index contributed by atoms with van der Waals surface area (Å²) in [6.07, 6.45) is 7.09. The third-order valence-corrected chi connectivity index (χ3v) is 3.88. The largest absolute Gasteiger partial charge is 0.381 e. The smallest absolute Gasteiger partial charge is 0.0542 e. The lowest BCUT2D eigenvalue weighted by atomic mass is 9.74. The molecule has 0 amide bonds. The van der Waals surface area contributed by atoms with Gasteiger partial charge in [-0.25, -0.2) is 0 Å². The number of hydrogen-bond acceptors (Lipinski definition) is 3. The molecule has 0 spiro atoms. The van der Waals surface area contributed by atoms with Crippen LogP contribution in [0.2, 0.25) is 0 Å². The highest BCUT2D eigenvalue weighted by molar-refractivity contribution is 4.99. The van der Waals surface area contributed by atoms with Gasteiger partial charge in [0.1, 0.15) is 0 Å². The highest BCUT2D eigenvalue weighted by Crippen LogP contribution is 2.36. The summed E-state index contributed by atoms with van der Waals surface area (Å²) in [4.78, 5) is 1.82. The summed E-state index contributed by atoms with van der Waals surface area (Å²) in [6, 6.07) is 2.39. The molecule has 1 saturated heterocycles. The maximum Gasteiger partial charge on any atom is 0.0542 e. The Balaban J connectivity index is 2.10. The zero-order valence-corrected chi connectivity index (χ0v) is 10.1.